The number of pyridine rings is 1. The molecule has 4 aromatic rings. The van der Waals surface area contributed by atoms with E-state index in [0.717, 1.165) is 26.2 Å². The van der Waals surface area contributed by atoms with Crippen molar-refractivity contribution in [2.75, 3.05) is 46.4 Å². The van der Waals surface area contributed by atoms with Crippen LogP contribution in [-0.4, -0.2) is 78.1 Å². The zero-order valence-electron chi connectivity index (χ0n) is 25.5. The number of hydrogen-bond acceptors (Lipinski definition) is 9. The van der Waals surface area contributed by atoms with E-state index in [4.69, 9.17) is 9.47 Å². The SMILES string of the molecule is COC(=O)c1cnc(C)c(C(=O)OCCN2CCN(C(c3ccccc3)c3ccccc3)CC2)c1-c1cccc([N+](=O)[O-])c1.Cl.Cl. The Morgan fingerprint density at radius 1 is 0.891 bits per heavy atom. The number of non-ortho nitro benzene ring substituents is 1. The zero-order valence-corrected chi connectivity index (χ0v) is 27.2. The molecular weight excluding hydrogens is 631 g/mol. The largest absolute Gasteiger partial charge is 0.465 e. The van der Waals surface area contributed by atoms with Gasteiger partial charge in [0, 0.05) is 56.6 Å². The van der Waals surface area contributed by atoms with Crippen molar-refractivity contribution >= 4 is 42.4 Å². The molecule has 0 atom stereocenters. The van der Waals surface area contributed by atoms with Gasteiger partial charge in [0.25, 0.3) is 5.69 Å². The third-order valence-corrected chi connectivity index (χ3v) is 7.87. The average Bonchev–Trinajstić information content (AvgIpc) is 3.06. The molecule has 2 heterocycles. The van der Waals surface area contributed by atoms with Crippen molar-refractivity contribution in [1.82, 2.24) is 14.8 Å². The molecule has 3 aromatic carbocycles. The van der Waals surface area contributed by atoms with E-state index in [1.54, 1.807) is 13.0 Å². The Balaban J connectivity index is 0.00000288. The summed E-state index contributed by atoms with van der Waals surface area (Å²) in [5.41, 5.74) is 3.27. The number of nitrogens with zero attached hydrogens (tertiary/aromatic N) is 4. The van der Waals surface area contributed by atoms with E-state index in [1.807, 2.05) is 12.1 Å². The third kappa shape index (κ3) is 8.27. The molecule has 0 amide bonds. The van der Waals surface area contributed by atoms with E-state index < -0.39 is 16.9 Å². The van der Waals surface area contributed by atoms with E-state index >= 15 is 0 Å². The first-order valence-electron chi connectivity index (χ1n) is 14.4. The van der Waals surface area contributed by atoms with E-state index in [9.17, 15) is 19.7 Å². The quantitative estimate of drug-likeness (QED) is 0.111. The fourth-order valence-corrected chi connectivity index (χ4v) is 5.66. The molecule has 0 aliphatic carbocycles. The second-order valence-electron chi connectivity index (χ2n) is 10.5. The number of nitro groups is 1. The predicted molar refractivity (Wildman–Crippen MR) is 180 cm³/mol. The molecule has 0 saturated carbocycles. The highest BCUT2D eigenvalue weighted by atomic mass is 35.5. The Labute approximate surface area is 280 Å². The van der Waals surface area contributed by atoms with Crippen LogP contribution in [0, 0.1) is 17.0 Å². The van der Waals surface area contributed by atoms with Crippen LogP contribution in [0.5, 0.6) is 0 Å². The second-order valence-corrected chi connectivity index (χ2v) is 10.5. The first kappa shape index (κ1) is 36.1. The van der Waals surface area contributed by atoms with Crippen LogP contribution in [-0.2, 0) is 9.47 Å². The number of carbonyl (C=O) groups is 2. The lowest BCUT2D eigenvalue weighted by atomic mass is 9.94. The van der Waals surface area contributed by atoms with Crippen molar-refractivity contribution in [2.24, 2.45) is 0 Å². The highest BCUT2D eigenvalue weighted by molar-refractivity contribution is 6.06. The lowest BCUT2D eigenvalue weighted by molar-refractivity contribution is -0.384. The summed E-state index contributed by atoms with van der Waals surface area (Å²) in [5, 5.41) is 11.4. The van der Waals surface area contributed by atoms with Crippen LogP contribution in [0.3, 0.4) is 0 Å². The van der Waals surface area contributed by atoms with Crippen LogP contribution >= 0.6 is 24.8 Å². The summed E-state index contributed by atoms with van der Waals surface area (Å²) >= 11 is 0. The van der Waals surface area contributed by atoms with Crippen molar-refractivity contribution in [3.05, 3.63) is 129 Å². The minimum absolute atomic E-state index is 0. The Morgan fingerprint density at radius 3 is 2.07 bits per heavy atom. The summed E-state index contributed by atoms with van der Waals surface area (Å²) < 4.78 is 10.6. The Bertz CT molecular complexity index is 1590. The maximum atomic E-state index is 13.5. The molecule has 1 fully saturated rings. The van der Waals surface area contributed by atoms with Gasteiger partial charge in [0.05, 0.1) is 34.9 Å². The molecule has 1 aromatic heterocycles. The standard InChI is InChI=1S/C34H34N4O6.2ClH/c1-24-30(31(29(23-35-24)33(39)43-2)27-14-9-15-28(22-27)38(41)42)34(40)44-21-20-36-16-18-37(19-17-36)32(25-10-5-3-6-11-25)26-12-7-4-8-13-26;;/h3-15,22-23,32H,16-21H2,1-2H3;2*1H. The van der Waals surface area contributed by atoms with Crippen LogP contribution in [0.25, 0.3) is 11.1 Å². The van der Waals surface area contributed by atoms with Crippen molar-refractivity contribution in [1.29, 1.82) is 0 Å². The fraction of sp³-hybridized carbons (Fsp3) is 0.265. The number of ether oxygens (including phenoxy) is 2. The second kappa shape index (κ2) is 16.8. The van der Waals surface area contributed by atoms with E-state index in [2.05, 4.69) is 63.3 Å². The van der Waals surface area contributed by atoms with Gasteiger partial charge >= 0.3 is 11.9 Å². The number of aromatic nitrogens is 1. The van der Waals surface area contributed by atoms with Crippen LogP contribution < -0.4 is 0 Å². The molecule has 1 saturated heterocycles. The van der Waals surface area contributed by atoms with Gasteiger partial charge in [0.1, 0.15) is 6.61 Å². The highest BCUT2D eigenvalue weighted by Gasteiger charge is 2.28. The maximum absolute atomic E-state index is 13.5. The molecule has 0 bridgehead atoms. The lowest BCUT2D eigenvalue weighted by Gasteiger charge is -2.39. The van der Waals surface area contributed by atoms with E-state index in [1.165, 1.54) is 42.6 Å². The van der Waals surface area contributed by atoms with E-state index in [-0.39, 0.29) is 59.8 Å². The number of methoxy groups -OCH3 is 1. The first-order chi connectivity index (χ1) is 21.4. The van der Waals surface area contributed by atoms with Gasteiger partial charge in [-0.1, -0.05) is 72.8 Å². The number of benzene rings is 3. The smallest absolute Gasteiger partial charge is 0.340 e. The fourth-order valence-electron chi connectivity index (χ4n) is 5.66. The predicted octanol–water partition coefficient (Wildman–Crippen LogP) is 6.16. The Kier molecular flexibility index (Phi) is 13.2. The van der Waals surface area contributed by atoms with Gasteiger partial charge < -0.3 is 9.47 Å². The molecule has 0 radical (unpaired) electrons. The summed E-state index contributed by atoms with van der Waals surface area (Å²) in [5.74, 6) is -1.37. The van der Waals surface area contributed by atoms with E-state index in [0.29, 0.717) is 17.8 Å². The van der Waals surface area contributed by atoms with Gasteiger partial charge in [0.15, 0.2) is 0 Å². The molecule has 5 rings (SSSR count). The monoisotopic (exact) mass is 666 g/mol. The van der Waals surface area contributed by atoms with Gasteiger partial charge in [-0.15, -0.1) is 24.8 Å². The summed E-state index contributed by atoms with van der Waals surface area (Å²) in [6.45, 7) is 5.63. The van der Waals surface area contributed by atoms with Crippen molar-refractivity contribution < 1.29 is 24.0 Å². The number of esters is 2. The molecule has 0 spiro atoms. The molecule has 0 N–H and O–H groups in total. The van der Waals surface area contributed by atoms with Gasteiger partial charge in [0.2, 0.25) is 0 Å². The summed E-state index contributed by atoms with van der Waals surface area (Å²) in [4.78, 5) is 46.0. The highest BCUT2D eigenvalue weighted by Crippen LogP contribution is 2.33. The summed E-state index contributed by atoms with van der Waals surface area (Å²) in [7, 11) is 1.22. The molecule has 0 unspecified atom stereocenters. The molecule has 10 nitrogen and oxygen atoms in total. The zero-order chi connectivity index (χ0) is 31.1. The van der Waals surface area contributed by atoms with Crippen LogP contribution in [0.4, 0.5) is 5.69 Å². The minimum Gasteiger partial charge on any atom is -0.465 e. The minimum atomic E-state index is -0.713. The molecule has 1 aliphatic rings. The first-order valence-corrected chi connectivity index (χ1v) is 14.4. The Morgan fingerprint density at radius 2 is 1.50 bits per heavy atom. The normalized spacial score (nSPS) is 13.3. The average molecular weight is 668 g/mol. The summed E-state index contributed by atoms with van der Waals surface area (Å²) in [6.07, 6.45) is 1.31. The van der Waals surface area contributed by atoms with Gasteiger partial charge in [-0.2, -0.15) is 0 Å². The third-order valence-electron chi connectivity index (χ3n) is 7.87. The molecule has 242 valence electrons. The van der Waals surface area contributed by atoms with Crippen molar-refractivity contribution in [3.63, 3.8) is 0 Å². The lowest BCUT2D eigenvalue weighted by Crippen LogP contribution is -2.48. The van der Waals surface area contributed by atoms with Crippen LogP contribution in [0.1, 0.15) is 43.6 Å². The molecule has 1 aliphatic heterocycles. The number of nitro benzene ring substituents is 1. The van der Waals surface area contributed by atoms with Gasteiger partial charge in [-0.25, -0.2) is 9.59 Å². The molecule has 46 heavy (non-hydrogen) atoms. The Hall–Kier alpha value is -4.35. The van der Waals surface area contributed by atoms with Crippen molar-refractivity contribution in [3.8, 4) is 11.1 Å². The number of hydrogen-bond donors (Lipinski definition) is 0. The number of halogens is 2. The maximum Gasteiger partial charge on any atom is 0.340 e. The van der Waals surface area contributed by atoms with Crippen LogP contribution in [0.15, 0.2) is 91.1 Å². The number of aryl methyl sites for hydroxylation is 1. The van der Waals surface area contributed by atoms with Crippen molar-refractivity contribution in [2.45, 2.75) is 13.0 Å². The number of piperazine rings is 1. The van der Waals surface area contributed by atoms with Crippen LogP contribution in [0.2, 0.25) is 0 Å². The topological polar surface area (TPSA) is 115 Å². The number of carbonyl (C=O) groups excluding carboxylic acids is 2. The molecular formula is C34H36Cl2N4O6. The van der Waals surface area contributed by atoms with Gasteiger partial charge in [-0.05, 0) is 23.6 Å². The van der Waals surface area contributed by atoms with Gasteiger partial charge in [-0.3, -0.25) is 24.9 Å². The molecule has 12 heteroatoms. The number of rotatable bonds is 10. The summed E-state index contributed by atoms with van der Waals surface area (Å²) in [6, 6.07) is 26.9.